The predicted molar refractivity (Wildman–Crippen MR) is 85.7 cm³/mol. The van der Waals surface area contributed by atoms with Crippen LogP contribution in [-0.4, -0.2) is 18.3 Å². The minimum Gasteiger partial charge on any atom is -0.489 e. The Labute approximate surface area is 127 Å². The molecule has 0 amide bonds. The second kappa shape index (κ2) is 6.27. The molecule has 1 aliphatic carbocycles. The van der Waals surface area contributed by atoms with E-state index >= 15 is 0 Å². The fourth-order valence-corrected chi connectivity index (χ4v) is 3.71. The molecule has 3 rings (SSSR count). The lowest BCUT2D eigenvalue weighted by molar-refractivity contribution is -0.0748. The highest BCUT2D eigenvalue weighted by Gasteiger charge is 2.40. The fraction of sp³-hybridized carbons (Fsp3) is 0.667. The number of nitrogen functional groups attached to an aromatic ring is 1. The summed E-state index contributed by atoms with van der Waals surface area (Å²) in [7, 11) is 0. The number of nitrogens with two attached hydrogens (primary N) is 1. The summed E-state index contributed by atoms with van der Waals surface area (Å²) in [4.78, 5) is 0. The molecule has 0 bridgehead atoms. The summed E-state index contributed by atoms with van der Waals surface area (Å²) in [6.07, 6.45) is 10.0. The van der Waals surface area contributed by atoms with Crippen LogP contribution in [0.1, 0.15) is 57.4 Å². The average Bonchev–Trinajstić information content (AvgIpc) is 2.89. The summed E-state index contributed by atoms with van der Waals surface area (Å²) < 4.78 is 12.2. The summed E-state index contributed by atoms with van der Waals surface area (Å²) >= 11 is 0. The molecule has 2 fully saturated rings. The van der Waals surface area contributed by atoms with Crippen LogP contribution in [0.4, 0.5) is 5.69 Å². The van der Waals surface area contributed by atoms with Crippen molar-refractivity contribution < 1.29 is 9.47 Å². The Morgan fingerprint density at radius 2 is 2.05 bits per heavy atom. The average molecular weight is 289 g/mol. The molecule has 2 N–H and O–H groups in total. The number of hydrogen-bond donors (Lipinski definition) is 1. The first kappa shape index (κ1) is 14.7. The van der Waals surface area contributed by atoms with Crippen LogP contribution in [0.15, 0.2) is 18.2 Å². The molecule has 1 aliphatic heterocycles. The normalized spacial score (nSPS) is 24.3. The zero-order chi connectivity index (χ0) is 14.7. The molecule has 1 aromatic rings. The van der Waals surface area contributed by atoms with Gasteiger partial charge in [0.1, 0.15) is 12.4 Å². The van der Waals surface area contributed by atoms with Gasteiger partial charge in [-0.3, -0.25) is 0 Å². The Balaban J connectivity index is 1.54. The number of anilines is 1. The van der Waals surface area contributed by atoms with Crippen LogP contribution in [-0.2, 0) is 11.2 Å². The lowest BCUT2D eigenvalue weighted by Gasteiger charge is -2.33. The molecule has 116 valence electrons. The Kier molecular flexibility index (Phi) is 4.39. The Morgan fingerprint density at radius 1 is 1.24 bits per heavy atom. The Bertz CT molecular complexity index is 480. The SMILES string of the molecule is CCc1ccc(OCC2CCC3(CCCCC3)O2)c(N)c1. The predicted octanol–water partition coefficient (Wildman–Crippen LogP) is 4.09. The van der Waals surface area contributed by atoms with Crippen LogP contribution in [0.25, 0.3) is 0 Å². The van der Waals surface area contributed by atoms with Gasteiger partial charge in [-0.15, -0.1) is 0 Å². The first-order chi connectivity index (χ1) is 10.2. The van der Waals surface area contributed by atoms with Crippen molar-refractivity contribution in [2.75, 3.05) is 12.3 Å². The van der Waals surface area contributed by atoms with Gasteiger partial charge in [-0.2, -0.15) is 0 Å². The van der Waals surface area contributed by atoms with Gasteiger partial charge in [0.2, 0.25) is 0 Å². The van der Waals surface area contributed by atoms with Crippen LogP contribution in [0.2, 0.25) is 0 Å². The molecule has 21 heavy (non-hydrogen) atoms. The van der Waals surface area contributed by atoms with E-state index in [1.165, 1.54) is 44.1 Å². The van der Waals surface area contributed by atoms with Gasteiger partial charge < -0.3 is 15.2 Å². The van der Waals surface area contributed by atoms with Crippen molar-refractivity contribution in [1.82, 2.24) is 0 Å². The monoisotopic (exact) mass is 289 g/mol. The molecule has 1 atom stereocenters. The van der Waals surface area contributed by atoms with E-state index in [-0.39, 0.29) is 11.7 Å². The van der Waals surface area contributed by atoms with E-state index in [1.807, 2.05) is 12.1 Å². The van der Waals surface area contributed by atoms with Crippen molar-refractivity contribution in [2.24, 2.45) is 0 Å². The molecule has 1 unspecified atom stereocenters. The van der Waals surface area contributed by atoms with E-state index in [0.717, 1.165) is 24.3 Å². The molecule has 0 aromatic heterocycles. The van der Waals surface area contributed by atoms with Gasteiger partial charge in [-0.25, -0.2) is 0 Å². The highest BCUT2D eigenvalue weighted by atomic mass is 16.6. The van der Waals surface area contributed by atoms with Gasteiger partial charge in [0, 0.05) is 0 Å². The third-order valence-electron chi connectivity index (χ3n) is 5.01. The van der Waals surface area contributed by atoms with Crippen molar-refractivity contribution in [3.63, 3.8) is 0 Å². The van der Waals surface area contributed by atoms with Crippen LogP contribution >= 0.6 is 0 Å². The second-order valence-corrected chi connectivity index (χ2v) is 6.56. The maximum Gasteiger partial charge on any atom is 0.142 e. The van der Waals surface area contributed by atoms with Crippen LogP contribution in [0.5, 0.6) is 5.75 Å². The largest absolute Gasteiger partial charge is 0.489 e. The first-order valence-electron chi connectivity index (χ1n) is 8.40. The minimum atomic E-state index is 0.171. The maximum atomic E-state index is 6.33. The van der Waals surface area contributed by atoms with Crippen molar-refractivity contribution in [1.29, 1.82) is 0 Å². The fourth-order valence-electron chi connectivity index (χ4n) is 3.71. The lowest BCUT2D eigenvalue weighted by Crippen LogP contribution is -2.32. The smallest absolute Gasteiger partial charge is 0.142 e. The summed E-state index contributed by atoms with van der Waals surface area (Å²) in [5.41, 5.74) is 8.21. The number of ether oxygens (including phenoxy) is 2. The third kappa shape index (κ3) is 3.34. The molecule has 1 heterocycles. The molecular weight excluding hydrogens is 262 g/mol. The van der Waals surface area contributed by atoms with Gasteiger partial charge in [0.05, 0.1) is 17.4 Å². The molecular formula is C18H27NO2. The number of hydrogen-bond acceptors (Lipinski definition) is 3. The zero-order valence-electron chi connectivity index (χ0n) is 13.1. The van der Waals surface area contributed by atoms with Crippen LogP contribution < -0.4 is 10.5 Å². The Morgan fingerprint density at radius 3 is 2.76 bits per heavy atom. The van der Waals surface area contributed by atoms with Gasteiger partial charge in [0.25, 0.3) is 0 Å². The standard InChI is InChI=1S/C18H27NO2/c1-2-14-6-7-17(16(19)12-14)20-13-15-8-11-18(21-15)9-4-3-5-10-18/h6-7,12,15H,2-5,8-11,13,19H2,1H3. The van der Waals surface area contributed by atoms with Crippen LogP contribution in [0, 0.1) is 0 Å². The van der Waals surface area contributed by atoms with E-state index in [2.05, 4.69) is 13.0 Å². The van der Waals surface area contributed by atoms with E-state index < -0.39 is 0 Å². The number of rotatable bonds is 4. The molecule has 1 saturated carbocycles. The molecule has 1 aromatic carbocycles. The van der Waals surface area contributed by atoms with E-state index in [1.54, 1.807) is 0 Å². The van der Waals surface area contributed by atoms with Crippen molar-refractivity contribution >= 4 is 5.69 Å². The molecule has 1 saturated heterocycles. The van der Waals surface area contributed by atoms with Crippen molar-refractivity contribution in [3.05, 3.63) is 23.8 Å². The minimum absolute atomic E-state index is 0.171. The van der Waals surface area contributed by atoms with Crippen LogP contribution in [0.3, 0.4) is 0 Å². The van der Waals surface area contributed by atoms with E-state index in [4.69, 9.17) is 15.2 Å². The number of benzene rings is 1. The summed E-state index contributed by atoms with van der Waals surface area (Å²) in [6, 6.07) is 6.08. The highest BCUT2D eigenvalue weighted by Crippen LogP contribution is 2.42. The second-order valence-electron chi connectivity index (χ2n) is 6.56. The van der Waals surface area contributed by atoms with Gasteiger partial charge in [-0.05, 0) is 49.8 Å². The summed E-state index contributed by atoms with van der Waals surface area (Å²) in [5.74, 6) is 0.792. The lowest BCUT2D eigenvalue weighted by atomic mass is 9.83. The van der Waals surface area contributed by atoms with E-state index in [9.17, 15) is 0 Å². The Hall–Kier alpha value is -1.22. The molecule has 1 spiro atoms. The maximum absolute atomic E-state index is 6.33. The molecule has 3 heteroatoms. The first-order valence-corrected chi connectivity index (χ1v) is 8.40. The quantitative estimate of drug-likeness (QED) is 0.849. The third-order valence-corrected chi connectivity index (χ3v) is 5.01. The van der Waals surface area contributed by atoms with E-state index in [0.29, 0.717) is 6.61 Å². The van der Waals surface area contributed by atoms with Gasteiger partial charge in [0.15, 0.2) is 0 Å². The molecule has 2 aliphatic rings. The highest BCUT2D eigenvalue weighted by molar-refractivity contribution is 5.54. The molecule has 0 radical (unpaired) electrons. The zero-order valence-corrected chi connectivity index (χ0v) is 13.1. The van der Waals surface area contributed by atoms with Gasteiger partial charge >= 0.3 is 0 Å². The topological polar surface area (TPSA) is 44.5 Å². The van der Waals surface area contributed by atoms with Crippen molar-refractivity contribution in [2.45, 2.75) is 70.0 Å². The number of aryl methyl sites for hydroxylation is 1. The van der Waals surface area contributed by atoms with Gasteiger partial charge in [-0.1, -0.05) is 32.3 Å². The molecule has 3 nitrogen and oxygen atoms in total. The summed E-state index contributed by atoms with van der Waals surface area (Å²) in [5, 5.41) is 0. The van der Waals surface area contributed by atoms with Crippen molar-refractivity contribution in [3.8, 4) is 5.75 Å². The summed E-state index contributed by atoms with van der Waals surface area (Å²) in [6.45, 7) is 2.75.